The van der Waals surface area contributed by atoms with Crippen molar-refractivity contribution in [2.75, 3.05) is 0 Å². The normalized spacial score (nSPS) is 14.8. The largest absolute Gasteiger partial charge is 0.0654 e. The lowest BCUT2D eigenvalue weighted by atomic mass is 9.84. The molecular weight excluding hydrogens is 204 g/mol. The molecule has 2 unspecified atom stereocenters. The van der Waals surface area contributed by atoms with Crippen LogP contribution in [-0.2, 0) is 0 Å². The maximum Gasteiger partial charge on any atom is -0.0324 e. The van der Waals surface area contributed by atoms with Crippen molar-refractivity contribution in [1.29, 1.82) is 0 Å². The summed E-state index contributed by atoms with van der Waals surface area (Å²) in [4.78, 5) is 0. The Balaban J connectivity index is 3.91. The van der Waals surface area contributed by atoms with Gasteiger partial charge in [0, 0.05) is 0 Å². The van der Waals surface area contributed by atoms with Gasteiger partial charge in [-0.05, 0) is 18.3 Å². The number of hydrogen-bond acceptors (Lipinski definition) is 0. The summed E-state index contributed by atoms with van der Waals surface area (Å²) in [6.45, 7) is 9.28. The van der Waals surface area contributed by atoms with E-state index < -0.39 is 0 Å². The van der Waals surface area contributed by atoms with Gasteiger partial charge in [-0.1, -0.05) is 91.9 Å². The van der Waals surface area contributed by atoms with Gasteiger partial charge in [-0.25, -0.2) is 0 Å². The molecule has 0 aromatic heterocycles. The number of rotatable bonds is 12. The summed E-state index contributed by atoms with van der Waals surface area (Å²) in [6.07, 6.45) is 16.6. The molecule has 0 aromatic rings. The summed E-state index contributed by atoms with van der Waals surface area (Å²) in [6, 6.07) is 0. The predicted molar refractivity (Wildman–Crippen MR) is 80.1 cm³/mol. The van der Waals surface area contributed by atoms with Gasteiger partial charge in [0.1, 0.15) is 0 Å². The molecule has 0 amide bonds. The molecule has 0 spiro atoms. The number of unbranched alkanes of at least 4 members (excludes halogenated alkanes) is 3. The van der Waals surface area contributed by atoms with E-state index in [4.69, 9.17) is 0 Å². The summed E-state index contributed by atoms with van der Waals surface area (Å²) in [5, 5.41) is 0. The molecule has 103 valence electrons. The Morgan fingerprint density at radius 1 is 0.647 bits per heavy atom. The van der Waals surface area contributed by atoms with Gasteiger partial charge in [0.05, 0.1) is 0 Å². The fourth-order valence-electron chi connectivity index (χ4n) is 2.65. The SMILES string of the molecule is CCCCCC([CH]C(CC)CCCC)CCC. The molecule has 0 aliphatic heterocycles. The summed E-state index contributed by atoms with van der Waals surface area (Å²) < 4.78 is 0. The second-order valence-corrected chi connectivity index (χ2v) is 5.55. The van der Waals surface area contributed by atoms with Gasteiger partial charge in [-0.3, -0.25) is 0 Å². The van der Waals surface area contributed by atoms with E-state index in [9.17, 15) is 0 Å². The topological polar surface area (TPSA) is 0 Å². The smallest absolute Gasteiger partial charge is 0.0324 e. The quantitative estimate of drug-likeness (QED) is 0.345. The fourth-order valence-corrected chi connectivity index (χ4v) is 2.65. The van der Waals surface area contributed by atoms with E-state index in [2.05, 4.69) is 34.1 Å². The van der Waals surface area contributed by atoms with Crippen LogP contribution in [0.25, 0.3) is 0 Å². The first-order valence-electron chi connectivity index (χ1n) is 8.13. The van der Waals surface area contributed by atoms with Gasteiger partial charge in [0.25, 0.3) is 0 Å². The third kappa shape index (κ3) is 9.68. The van der Waals surface area contributed by atoms with Crippen molar-refractivity contribution in [2.45, 2.75) is 91.9 Å². The first-order chi connectivity index (χ1) is 8.28. The summed E-state index contributed by atoms with van der Waals surface area (Å²) in [5.74, 6) is 1.78. The Hall–Kier alpha value is 0. The van der Waals surface area contributed by atoms with Crippen LogP contribution in [0.5, 0.6) is 0 Å². The predicted octanol–water partition coefficient (Wildman–Crippen LogP) is 6.40. The Morgan fingerprint density at radius 2 is 1.29 bits per heavy atom. The molecule has 0 nitrogen and oxygen atoms in total. The zero-order valence-corrected chi connectivity index (χ0v) is 12.8. The van der Waals surface area contributed by atoms with Gasteiger partial charge < -0.3 is 0 Å². The molecule has 0 heterocycles. The van der Waals surface area contributed by atoms with E-state index in [0.29, 0.717) is 0 Å². The summed E-state index contributed by atoms with van der Waals surface area (Å²) >= 11 is 0. The van der Waals surface area contributed by atoms with E-state index in [1.807, 2.05) is 0 Å². The van der Waals surface area contributed by atoms with Crippen molar-refractivity contribution in [3.8, 4) is 0 Å². The molecule has 0 saturated carbocycles. The van der Waals surface area contributed by atoms with E-state index >= 15 is 0 Å². The number of hydrogen-bond donors (Lipinski definition) is 0. The van der Waals surface area contributed by atoms with Crippen LogP contribution in [0.1, 0.15) is 91.9 Å². The molecule has 0 N–H and O–H groups in total. The minimum absolute atomic E-state index is 0.883. The van der Waals surface area contributed by atoms with Crippen molar-refractivity contribution in [3.05, 3.63) is 6.42 Å². The zero-order chi connectivity index (χ0) is 12.9. The molecule has 0 bridgehead atoms. The molecule has 1 radical (unpaired) electrons. The van der Waals surface area contributed by atoms with Crippen LogP contribution in [0.4, 0.5) is 0 Å². The molecule has 0 fully saturated rings. The third-order valence-corrected chi connectivity index (χ3v) is 3.84. The molecule has 0 aromatic carbocycles. The molecule has 0 saturated heterocycles. The van der Waals surface area contributed by atoms with Gasteiger partial charge in [0.2, 0.25) is 0 Å². The molecule has 2 atom stereocenters. The van der Waals surface area contributed by atoms with Crippen molar-refractivity contribution in [2.24, 2.45) is 11.8 Å². The first kappa shape index (κ1) is 17.0. The molecule has 0 aliphatic rings. The Kier molecular flexibility index (Phi) is 12.5. The zero-order valence-electron chi connectivity index (χ0n) is 12.8. The van der Waals surface area contributed by atoms with E-state index in [1.165, 1.54) is 64.2 Å². The second kappa shape index (κ2) is 12.5. The van der Waals surface area contributed by atoms with Crippen molar-refractivity contribution < 1.29 is 0 Å². The molecule has 0 heteroatoms. The average molecular weight is 239 g/mol. The van der Waals surface area contributed by atoms with E-state index in [-0.39, 0.29) is 0 Å². The van der Waals surface area contributed by atoms with E-state index in [0.717, 1.165) is 11.8 Å². The standard InChI is InChI=1S/C17H35/c1-5-9-11-14-17(12-7-3)15-16(8-4)13-10-6-2/h15-17H,5-14H2,1-4H3. The maximum atomic E-state index is 2.70. The lowest BCUT2D eigenvalue weighted by molar-refractivity contribution is 0.393. The second-order valence-electron chi connectivity index (χ2n) is 5.55. The molecule has 0 rings (SSSR count). The van der Waals surface area contributed by atoms with Gasteiger partial charge in [-0.2, -0.15) is 0 Å². The van der Waals surface area contributed by atoms with Gasteiger partial charge in [0.15, 0.2) is 0 Å². The van der Waals surface area contributed by atoms with Gasteiger partial charge >= 0.3 is 0 Å². The van der Waals surface area contributed by atoms with E-state index in [1.54, 1.807) is 0 Å². The highest BCUT2D eigenvalue weighted by Gasteiger charge is 2.14. The lowest BCUT2D eigenvalue weighted by Gasteiger charge is -2.22. The van der Waals surface area contributed by atoms with Crippen molar-refractivity contribution in [1.82, 2.24) is 0 Å². The maximum absolute atomic E-state index is 2.70. The van der Waals surface area contributed by atoms with Crippen molar-refractivity contribution in [3.63, 3.8) is 0 Å². The molecule has 0 aliphatic carbocycles. The van der Waals surface area contributed by atoms with Gasteiger partial charge in [-0.15, -0.1) is 0 Å². The van der Waals surface area contributed by atoms with Crippen molar-refractivity contribution >= 4 is 0 Å². The van der Waals surface area contributed by atoms with Crippen LogP contribution in [0.2, 0.25) is 0 Å². The van der Waals surface area contributed by atoms with Crippen LogP contribution in [0.15, 0.2) is 0 Å². The Labute approximate surface area is 111 Å². The summed E-state index contributed by atoms with van der Waals surface area (Å²) in [7, 11) is 0. The van der Waals surface area contributed by atoms with Crippen LogP contribution < -0.4 is 0 Å². The van der Waals surface area contributed by atoms with Crippen LogP contribution >= 0.6 is 0 Å². The van der Waals surface area contributed by atoms with Crippen LogP contribution in [0, 0.1) is 18.3 Å². The minimum atomic E-state index is 0.883. The molecule has 17 heavy (non-hydrogen) atoms. The molecular formula is C17H35. The third-order valence-electron chi connectivity index (χ3n) is 3.84. The monoisotopic (exact) mass is 239 g/mol. The fraction of sp³-hybridized carbons (Fsp3) is 0.941. The Morgan fingerprint density at radius 3 is 1.82 bits per heavy atom. The van der Waals surface area contributed by atoms with Crippen LogP contribution in [-0.4, -0.2) is 0 Å². The minimum Gasteiger partial charge on any atom is -0.0654 e. The first-order valence-corrected chi connectivity index (χ1v) is 8.13. The highest BCUT2D eigenvalue weighted by atomic mass is 14.2. The lowest BCUT2D eigenvalue weighted by Crippen LogP contribution is -2.10. The highest BCUT2D eigenvalue weighted by molar-refractivity contribution is 4.83. The average Bonchev–Trinajstić information content (AvgIpc) is 2.34. The van der Waals surface area contributed by atoms with Crippen LogP contribution in [0.3, 0.4) is 0 Å². The summed E-state index contributed by atoms with van der Waals surface area (Å²) in [5.41, 5.74) is 0. The Bertz CT molecular complexity index is 139. The highest BCUT2D eigenvalue weighted by Crippen LogP contribution is 2.27.